The summed E-state index contributed by atoms with van der Waals surface area (Å²) >= 11 is 0. The number of hydrogen-bond donors (Lipinski definition) is 0. The first-order valence-corrected chi connectivity index (χ1v) is 5.58. The van der Waals surface area contributed by atoms with E-state index in [1.54, 1.807) is 0 Å². The third-order valence-corrected chi connectivity index (χ3v) is 3.20. The fourth-order valence-corrected chi connectivity index (χ4v) is 1.92. The van der Waals surface area contributed by atoms with Crippen LogP contribution in [0.2, 0.25) is 0 Å². The molecule has 0 N–H and O–H groups in total. The van der Waals surface area contributed by atoms with E-state index in [-0.39, 0.29) is 11.1 Å². The van der Waals surface area contributed by atoms with Crippen LogP contribution < -0.4 is 0 Å². The van der Waals surface area contributed by atoms with Crippen LogP contribution in [-0.4, -0.2) is 6.08 Å². The van der Waals surface area contributed by atoms with Gasteiger partial charge in [0.25, 0.3) is 0 Å². The van der Waals surface area contributed by atoms with E-state index in [9.17, 15) is 18.0 Å². The maximum absolute atomic E-state index is 13.8. The van der Waals surface area contributed by atoms with Gasteiger partial charge in [-0.15, -0.1) is 0 Å². The molecule has 0 spiro atoms. The fourth-order valence-electron chi connectivity index (χ4n) is 1.92. The Bertz CT molecular complexity index is 538. The maximum Gasteiger partial charge on any atom is 0.235 e. The molecule has 0 amide bonds. The van der Waals surface area contributed by atoms with Crippen molar-refractivity contribution in [1.82, 2.24) is 0 Å². The molecular weight excluding hydrogens is 243 g/mol. The average Bonchev–Trinajstić information content (AvgIpc) is 3.01. The molecule has 0 bridgehead atoms. The number of alkyl halides is 1. The highest BCUT2D eigenvalue weighted by Crippen LogP contribution is 2.51. The highest BCUT2D eigenvalue weighted by molar-refractivity contribution is 5.43. The molecule has 1 aliphatic carbocycles. The first kappa shape index (κ1) is 12.8. The molecule has 0 radical (unpaired) electrons. The summed E-state index contributed by atoms with van der Waals surface area (Å²) in [5.41, 5.74) is -2.87. The molecule has 0 heterocycles. The minimum Gasteiger partial charge on any atom is -0.239 e. The lowest BCUT2D eigenvalue weighted by molar-refractivity contribution is 0.220. The molecule has 1 saturated carbocycles. The van der Waals surface area contributed by atoms with Crippen molar-refractivity contribution in [3.63, 3.8) is 0 Å². The van der Waals surface area contributed by atoms with Crippen LogP contribution >= 0.6 is 0 Å². The summed E-state index contributed by atoms with van der Waals surface area (Å²) in [6.45, 7) is 2.51. The Morgan fingerprint density at radius 1 is 1.33 bits per heavy atom. The summed E-state index contributed by atoms with van der Waals surface area (Å²) in [7, 11) is 0. The minimum atomic E-state index is -1.79. The molecule has 2 nitrogen and oxygen atoms in total. The number of carbonyl (C=O) groups excluding carboxylic acids is 1. The van der Waals surface area contributed by atoms with Crippen molar-refractivity contribution in [3.8, 4) is 0 Å². The zero-order valence-electron chi connectivity index (χ0n) is 10.1. The SMILES string of the molecule is CC(C)(F)c1cc(F)c(F)c(C2(N=C=O)CC2)c1. The first-order valence-electron chi connectivity index (χ1n) is 5.58. The van der Waals surface area contributed by atoms with Crippen LogP contribution in [-0.2, 0) is 16.0 Å². The number of hydrogen-bond acceptors (Lipinski definition) is 2. The van der Waals surface area contributed by atoms with Crippen molar-refractivity contribution in [3.05, 3.63) is 34.9 Å². The summed E-state index contributed by atoms with van der Waals surface area (Å²) < 4.78 is 41.0. The van der Waals surface area contributed by atoms with Gasteiger partial charge in [0.15, 0.2) is 11.6 Å². The number of benzene rings is 1. The Morgan fingerprint density at radius 3 is 2.39 bits per heavy atom. The van der Waals surface area contributed by atoms with Gasteiger partial charge in [0.1, 0.15) is 11.2 Å². The van der Waals surface area contributed by atoms with Gasteiger partial charge in [-0.3, -0.25) is 0 Å². The number of aliphatic imine (C=N–C) groups is 1. The van der Waals surface area contributed by atoms with E-state index in [0.717, 1.165) is 6.07 Å². The molecule has 1 aromatic carbocycles. The summed E-state index contributed by atoms with van der Waals surface area (Å²) in [6, 6.07) is 2.08. The van der Waals surface area contributed by atoms with Crippen LogP contribution in [0, 0.1) is 11.6 Å². The van der Waals surface area contributed by atoms with Gasteiger partial charge in [-0.2, -0.15) is 4.99 Å². The molecule has 96 valence electrons. The zero-order chi connectivity index (χ0) is 13.6. The normalized spacial score (nSPS) is 17.2. The average molecular weight is 255 g/mol. The molecule has 1 fully saturated rings. The van der Waals surface area contributed by atoms with Crippen LogP contribution in [0.15, 0.2) is 17.1 Å². The Labute approximate surface area is 103 Å². The van der Waals surface area contributed by atoms with Crippen molar-refractivity contribution in [2.45, 2.75) is 37.9 Å². The molecule has 0 aromatic heterocycles. The number of halogens is 3. The Morgan fingerprint density at radius 2 is 1.94 bits per heavy atom. The van der Waals surface area contributed by atoms with E-state index in [1.165, 1.54) is 26.0 Å². The summed E-state index contributed by atoms with van der Waals surface area (Å²) in [6.07, 6.45) is 2.24. The summed E-state index contributed by atoms with van der Waals surface area (Å²) in [5.74, 6) is -2.19. The van der Waals surface area contributed by atoms with E-state index in [0.29, 0.717) is 12.8 Å². The van der Waals surface area contributed by atoms with Crippen molar-refractivity contribution in [2.75, 3.05) is 0 Å². The van der Waals surface area contributed by atoms with E-state index in [1.807, 2.05) is 0 Å². The third kappa shape index (κ3) is 2.06. The maximum atomic E-state index is 13.8. The van der Waals surface area contributed by atoms with Gasteiger partial charge < -0.3 is 0 Å². The third-order valence-electron chi connectivity index (χ3n) is 3.20. The molecule has 1 aliphatic rings. The van der Waals surface area contributed by atoms with Crippen molar-refractivity contribution in [1.29, 1.82) is 0 Å². The van der Waals surface area contributed by atoms with Gasteiger partial charge >= 0.3 is 0 Å². The quantitative estimate of drug-likeness (QED) is 0.600. The van der Waals surface area contributed by atoms with Gasteiger partial charge in [-0.1, -0.05) is 0 Å². The van der Waals surface area contributed by atoms with E-state index in [2.05, 4.69) is 4.99 Å². The van der Waals surface area contributed by atoms with E-state index >= 15 is 0 Å². The highest BCUT2D eigenvalue weighted by atomic mass is 19.2. The van der Waals surface area contributed by atoms with Gasteiger partial charge in [0.05, 0.1) is 0 Å². The molecule has 0 saturated heterocycles. The lowest BCUT2D eigenvalue weighted by Crippen LogP contribution is -2.15. The Kier molecular flexibility index (Phi) is 2.82. The van der Waals surface area contributed by atoms with Gasteiger partial charge in [-0.25, -0.2) is 18.0 Å². The lowest BCUT2D eigenvalue weighted by Gasteiger charge is -2.18. The van der Waals surface area contributed by atoms with Crippen LogP contribution in [0.1, 0.15) is 37.8 Å². The molecule has 0 unspecified atom stereocenters. The standard InChI is InChI=1S/C13H12F3NO/c1-12(2,16)8-5-9(11(15)10(14)6-8)13(3-4-13)17-7-18/h5-6H,3-4H2,1-2H3. The highest BCUT2D eigenvalue weighted by Gasteiger charge is 2.47. The molecule has 0 atom stereocenters. The summed E-state index contributed by atoms with van der Waals surface area (Å²) in [5, 5.41) is 0. The second-order valence-electron chi connectivity index (χ2n) is 5.03. The van der Waals surface area contributed by atoms with Gasteiger partial charge in [0.2, 0.25) is 6.08 Å². The van der Waals surface area contributed by atoms with Crippen LogP contribution in [0.5, 0.6) is 0 Å². The predicted molar refractivity (Wildman–Crippen MR) is 59.5 cm³/mol. The zero-order valence-corrected chi connectivity index (χ0v) is 10.1. The van der Waals surface area contributed by atoms with Crippen LogP contribution in [0.3, 0.4) is 0 Å². The van der Waals surface area contributed by atoms with Crippen molar-refractivity contribution < 1.29 is 18.0 Å². The number of nitrogens with zero attached hydrogens (tertiary/aromatic N) is 1. The molecule has 2 rings (SSSR count). The second kappa shape index (κ2) is 3.95. The Balaban J connectivity index is 2.61. The topological polar surface area (TPSA) is 29.4 Å². The molecule has 5 heteroatoms. The molecule has 0 aliphatic heterocycles. The largest absolute Gasteiger partial charge is 0.239 e. The van der Waals surface area contributed by atoms with Gasteiger partial charge in [0, 0.05) is 5.56 Å². The fraction of sp³-hybridized carbons (Fsp3) is 0.462. The predicted octanol–water partition coefficient (Wildman–Crippen LogP) is 3.49. The number of isocyanates is 1. The second-order valence-corrected chi connectivity index (χ2v) is 5.03. The monoisotopic (exact) mass is 255 g/mol. The Hall–Kier alpha value is -1.61. The molecular formula is C13H12F3NO. The minimum absolute atomic E-state index is 0.0313. The van der Waals surface area contributed by atoms with Crippen molar-refractivity contribution in [2.24, 2.45) is 4.99 Å². The van der Waals surface area contributed by atoms with Crippen LogP contribution in [0.25, 0.3) is 0 Å². The smallest absolute Gasteiger partial charge is 0.235 e. The van der Waals surface area contributed by atoms with Gasteiger partial charge in [-0.05, 0) is 44.4 Å². The molecule has 1 aromatic rings. The lowest BCUT2D eigenvalue weighted by atomic mass is 9.94. The number of rotatable bonds is 3. The molecule has 18 heavy (non-hydrogen) atoms. The van der Waals surface area contributed by atoms with E-state index in [4.69, 9.17) is 0 Å². The van der Waals surface area contributed by atoms with Crippen LogP contribution in [0.4, 0.5) is 13.2 Å². The van der Waals surface area contributed by atoms with E-state index < -0.39 is 22.8 Å². The summed E-state index contributed by atoms with van der Waals surface area (Å²) in [4.78, 5) is 13.9. The van der Waals surface area contributed by atoms with Crippen molar-refractivity contribution >= 4 is 6.08 Å². The first-order chi connectivity index (χ1) is 8.30.